The molecule has 8 nitrogen and oxygen atoms in total. The van der Waals surface area contributed by atoms with Crippen LogP contribution >= 0.6 is 0 Å². The Bertz CT molecular complexity index is 1360. The Morgan fingerprint density at radius 1 is 1.05 bits per heavy atom. The second kappa shape index (κ2) is 15.1. The topological polar surface area (TPSA) is 112 Å². The molecule has 1 atom stereocenters. The summed E-state index contributed by atoms with van der Waals surface area (Å²) in [5.41, 5.74) is 4.03. The van der Waals surface area contributed by atoms with Crippen molar-refractivity contribution in [2.75, 3.05) is 29.3 Å². The van der Waals surface area contributed by atoms with Crippen LogP contribution in [0, 0.1) is 0 Å². The smallest absolute Gasteiger partial charge is 0.261 e. The van der Waals surface area contributed by atoms with Gasteiger partial charge >= 0.3 is 0 Å². The van der Waals surface area contributed by atoms with Crippen molar-refractivity contribution < 1.29 is 18.3 Å². The van der Waals surface area contributed by atoms with E-state index in [-0.39, 0.29) is 10.8 Å². The molecular weight excluding hydrogens is 536 g/mol. The van der Waals surface area contributed by atoms with E-state index in [1.807, 2.05) is 18.2 Å². The second-order valence-corrected chi connectivity index (χ2v) is 12.3. The van der Waals surface area contributed by atoms with Crippen molar-refractivity contribution in [1.29, 1.82) is 0 Å². The fraction of sp³-hybridized carbons (Fsp3) is 0.438. The maximum atomic E-state index is 13.1. The van der Waals surface area contributed by atoms with Crippen LogP contribution in [0.15, 0.2) is 71.9 Å². The number of sulfonamides is 1. The number of anilines is 2. The minimum atomic E-state index is -3.77. The molecule has 0 aliphatic carbocycles. The van der Waals surface area contributed by atoms with Crippen molar-refractivity contribution in [2.45, 2.75) is 75.7 Å². The Labute approximate surface area is 244 Å². The van der Waals surface area contributed by atoms with Crippen LogP contribution in [-0.4, -0.2) is 44.0 Å². The SMILES string of the molecule is CCCCCCCCC(=O)N1CCc2cc(S(=O)(=O)Nc3ccc(CCNC[C@H](O)c4cccnc4)cc3)ccc21. The van der Waals surface area contributed by atoms with Crippen LogP contribution in [-0.2, 0) is 27.7 Å². The monoisotopic (exact) mass is 578 g/mol. The molecule has 1 aliphatic rings. The lowest BCUT2D eigenvalue weighted by Gasteiger charge is -2.18. The molecule has 41 heavy (non-hydrogen) atoms. The molecule has 220 valence electrons. The summed E-state index contributed by atoms with van der Waals surface area (Å²) in [7, 11) is -3.77. The summed E-state index contributed by atoms with van der Waals surface area (Å²) >= 11 is 0. The number of aliphatic hydroxyl groups excluding tert-OH is 1. The van der Waals surface area contributed by atoms with Crippen molar-refractivity contribution in [2.24, 2.45) is 0 Å². The quantitative estimate of drug-likeness (QED) is 0.197. The highest BCUT2D eigenvalue weighted by molar-refractivity contribution is 7.92. The van der Waals surface area contributed by atoms with Gasteiger partial charge in [-0.25, -0.2) is 8.42 Å². The standard InChI is InChI=1S/C32H42N4O4S/c1-2-3-4-5-6-7-10-32(38)36-21-18-26-22-29(15-16-30(26)36)41(39,40)35-28-13-11-25(12-14-28)17-20-34-24-31(37)27-9-8-19-33-23-27/h8-9,11-16,19,22-23,31,34-35,37H,2-7,10,17-18,20-21,24H2,1H3/t31-/m0/s1. The Morgan fingerprint density at radius 3 is 2.59 bits per heavy atom. The number of fused-ring (bicyclic) bond motifs is 1. The number of amides is 1. The first kappa shape index (κ1) is 30.7. The second-order valence-electron chi connectivity index (χ2n) is 10.7. The highest BCUT2D eigenvalue weighted by Gasteiger charge is 2.26. The molecule has 0 unspecified atom stereocenters. The van der Waals surface area contributed by atoms with E-state index in [9.17, 15) is 18.3 Å². The number of pyridine rings is 1. The predicted octanol–water partition coefficient (Wildman–Crippen LogP) is 5.39. The Balaban J connectivity index is 1.25. The third-order valence-corrected chi connectivity index (χ3v) is 8.88. The van der Waals surface area contributed by atoms with Gasteiger partial charge in [0.1, 0.15) is 0 Å². The lowest BCUT2D eigenvalue weighted by molar-refractivity contribution is -0.118. The molecule has 4 rings (SSSR count). The molecule has 0 radical (unpaired) electrons. The molecule has 1 amide bonds. The van der Waals surface area contributed by atoms with Crippen LogP contribution in [0.3, 0.4) is 0 Å². The highest BCUT2D eigenvalue weighted by Crippen LogP contribution is 2.31. The first-order valence-corrected chi connectivity index (χ1v) is 16.2. The van der Waals surface area contributed by atoms with E-state index >= 15 is 0 Å². The van der Waals surface area contributed by atoms with Crippen molar-refractivity contribution in [3.8, 4) is 0 Å². The number of rotatable bonds is 16. The summed E-state index contributed by atoms with van der Waals surface area (Å²) in [5.74, 6) is 0.118. The van der Waals surface area contributed by atoms with Gasteiger partial charge in [-0.15, -0.1) is 0 Å². The maximum Gasteiger partial charge on any atom is 0.261 e. The molecular formula is C32H42N4O4S. The zero-order chi connectivity index (χ0) is 29.1. The summed E-state index contributed by atoms with van der Waals surface area (Å²) in [5, 5.41) is 13.5. The van der Waals surface area contributed by atoms with Crippen molar-refractivity contribution in [3.63, 3.8) is 0 Å². The van der Waals surface area contributed by atoms with Crippen LogP contribution in [0.1, 0.15) is 74.7 Å². The van der Waals surface area contributed by atoms with Gasteiger partial charge in [-0.05, 0) is 73.3 Å². The average molecular weight is 579 g/mol. The Morgan fingerprint density at radius 2 is 1.83 bits per heavy atom. The zero-order valence-electron chi connectivity index (χ0n) is 23.9. The molecule has 0 spiro atoms. The van der Waals surface area contributed by atoms with Gasteiger partial charge in [0.05, 0.1) is 11.0 Å². The van der Waals surface area contributed by atoms with Crippen molar-refractivity contribution in [1.82, 2.24) is 10.3 Å². The molecule has 0 saturated carbocycles. The van der Waals surface area contributed by atoms with E-state index < -0.39 is 16.1 Å². The number of benzene rings is 2. The highest BCUT2D eigenvalue weighted by atomic mass is 32.2. The number of nitrogens with zero attached hydrogens (tertiary/aromatic N) is 2. The minimum Gasteiger partial charge on any atom is -0.387 e. The fourth-order valence-corrected chi connectivity index (χ4v) is 6.22. The molecule has 2 heterocycles. The van der Waals surface area contributed by atoms with Gasteiger partial charge in [0.2, 0.25) is 5.91 Å². The number of carbonyl (C=O) groups excluding carboxylic acids is 1. The summed E-state index contributed by atoms with van der Waals surface area (Å²) in [6, 6.07) is 16.0. The van der Waals surface area contributed by atoms with Gasteiger partial charge in [-0.2, -0.15) is 0 Å². The summed E-state index contributed by atoms with van der Waals surface area (Å²) in [6.07, 6.45) is 11.5. The summed E-state index contributed by atoms with van der Waals surface area (Å²) < 4.78 is 28.9. The van der Waals surface area contributed by atoms with Gasteiger partial charge in [0.25, 0.3) is 10.0 Å². The molecule has 0 bridgehead atoms. The van der Waals surface area contributed by atoms with Crippen LogP contribution in [0.5, 0.6) is 0 Å². The lowest BCUT2D eigenvalue weighted by atomic mass is 10.1. The Hall–Kier alpha value is -3.27. The third kappa shape index (κ3) is 8.86. The number of hydrogen-bond donors (Lipinski definition) is 3. The summed E-state index contributed by atoms with van der Waals surface area (Å²) in [4.78, 5) is 18.8. The third-order valence-electron chi connectivity index (χ3n) is 7.51. The molecule has 1 aromatic heterocycles. The van der Waals surface area contributed by atoms with Gasteiger partial charge in [0.15, 0.2) is 0 Å². The van der Waals surface area contributed by atoms with E-state index in [1.54, 1.807) is 53.7 Å². The lowest BCUT2D eigenvalue weighted by Crippen LogP contribution is -2.28. The average Bonchev–Trinajstić information content (AvgIpc) is 3.42. The maximum absolute atomic E-state index is 13.1. The predicted molar refractivity (Wildman–Crippen MR) is 164 cm³/mol. The molecule has 0 saturated heterocycles. The number of nitrogens with one attached hydrogen (secondary N) is 2. The first-order valence-electron chi connectivity index (χ1n) is 14.7. The molecule has 3 N–H and O–H groups in total. The molecule has 3 aromatic rings. The van der Waals surface area contributed by atoms with Crippen LogP contribution in [0.25, 0.3) is 0 Å². The van der Waals surface area contributed by atoms with Gasteiger partial charge in [-0.1, -0.05) is 57.2 Å². The van der Waals surface area contributed by atoms with E-state index in [2.05, 4.69) is 21.9 Å². The van der Waals surface area contributed by atoms with E-state index in [1.165, 1.54) is 25.7 Å². The van der Waals surface area contributed by atoms with E-state index in [0.717, 1.165) is 41.6 Å². The van der Waals surface area contributed by atoms with Crippen molar-refractivity contribution in [3.05, 3.63) is 83.7 Å². The first-order chi connectivity index (χ1) is 19.9. The number of aliphatic hydroxyl groups is 1. The van der Waals surface area contributed by atoms with Gasteiger partial charge in [0, 0.05) is 48.8 Å². The number of unbranched alkanes of at least 4 members (excludes halogenated alkanes) is 5. The van der Waals surface area contributed by atoms with E-state index in [4.69, 9.17) is 0 Å². The van der Waals surface area contributed by atoms with Crippen molar-refractivity contribution >= 4 is 27.3 Å². The fourth-order valence-electron chi connectivity index (χ4n) is 5.11. The van der Waals surface area contributed by atoms with Gasteiger partial charge in [-0.3, -0.25) is 14.5 Å². The molecule has 2 aromatic carbocycles. The Kier molecular flexibility index (Phi) is 11.3. The molecule has 1 aliphatic heterocycles. The van der Waals surface area contributed by atoms with E-state index in [0.29, 0.717) is 38.2 Å². The number of carbonyl (C=O) groups is 1. The van der Waals surface area contributed by atoms with Crippen LogP contribution in [0.4, 0.5) is 11.4 Å². The largest absolute Gasteiger partial charge is 0.387 e. The van der Waals surface area contributed by atoms with Crippen LogP contribution < -0.4 is 14.9 Å². The minimum absolute atomic E-state index is 0.118. The molecule has 0 fully saturated rings. The number of hydrogen-bond acceptors (Lipinski definition) is 6. The van der Waals surface area contributed by atoms with Gasteiger partial charge < -0.3 is 15.3 Å². The van der Waals surface area contributed by atoms with Crippen LogP contribution in [0.2, 0.25) is 0 Å². The zero-order valence-corrected chi connectivity index (χ0v) is 24.7. The summed E-state index contributed by atoms with van der Waals surface area (Å²) in [6.45, 7) is 3.89. The number of aromatic nitrogens is 1. The molecule has 9 heteroatoms. The normalized spacial score (nSPS) is 13.7.